The van der Waals surface area contributed by atoms with Crippen molar-refractivity contribution >= 4 is 0 Å². The van der Waals surface area contributed by atoms with Crippen molar-refractivity contribution < 1.29 is 4.74 Å². The van der Waals surface area contributed by atoms with E-state index in [1.807, 2.05) is 6.07 Å². The number of hydrogen-bond acceptors (Lipinski definition) is 3. The van der Waals surface area contributed by atoms with E-state index in [1.54, 1.807) is 0 Å². The van der Waals surface area contributed by atoms with Crippen LogP contribution < -0.4 is 10.1 Å². The first kappa shape index (κ1) is 9.16. The van der Waals surface area contributed by atoms with Gasteiger partial charge < -0.3 is 10.1 Å². The van der Waals surface area contributed by atoms with Crippen molar-refractivity contribution in [2.24, 2.45) is 5.92 Å². The molecular formula is C12H16N2O. The van der Waals surface area contributed by atoms with Crippen LogP contribution in [0.5, 0.6) is 5.88 Å². The summed E-state index contributed by atoms with van der Waals surface area (Å²) in [4.78, 5) is 4.57. The summed E-state index contributed by atoms with van der Waals surface area (Å²) in [6.07, 6.45) is 2.62. The molecule has 0 amide bonds. The van der Waals surface area contributed by atoms with E-state index in [0.717, 1.165) is 25.4 Å². The van der Waals surface area contributed by atoms with Gasteiger partial charge in [-0.2, -0.15) is 0 Å². The van der Waals surface area contributed by atoms with Crippen LogP contribution >= 0.6 is 0 Å². The fraction of sp³-hybridized carbons (Fsp3) is 0.583. The van der Waals surface area contributed by atoms with Crippen LogP contribution in [0, 0.1) is 5.92 Å². The van der Waals surface area contributed by atoms with Gasteiger partial charge in [0, 0.05) is 25.6 Å². The lowest BCUT2D eigenvalue weighted by molar-refractivity contribution is 0.275. The van der Waals surface area contributed by atoms with Crippen LogP contribution in [0.15, 0.2) is 12.1 Å². The van der Waals surface area contributed by atoms with Gasteiger partial charge in [0.1, 0.15) is 6.10 Å². The van der Waals surface area contributed by atoms with Gasteiger partial charge in [-0.05, 0) is 17.9 Å². The van der Waals surface area contributed by atoms with Crippen LogP contribution in [0.1, 0.15) is 24.6 Å². The zero-order chi connectivity index (χ0) is 10.3. The second kappa shape index (κ2) is 3.49. The van der Waals surface area contributed by atoms with E-state index in [-0.39, 0.29) is 0 Å². The number of nitrogens with one attached hydrogen (secondary N) is 1. The van der Waals surface area contributed by atoms with E-state index >= 15 is 0 Å². The molecule has 1 aliphatic heterocycles. The molecule has 2 atom stereocenters. The molecule has 2 aliphatic rings. The summed E-state index contributed by atoms with van der Waals surface area (Å²) in [5.41, 5.74) is 2.52. The first-order valence-electron chi connectivity index (χ1n) is 5.69. The molecule has 1 aromatic heterocycles. The molecule has 3 rings (SSSR count). The normalized spacial score (nSPS) is 28.3. The Labute approximate surface area is 89.9 Å². The van der Waals surface area contributed by atoms with E-state index < -0.39 is 0 Å². The molecule has 3 nitrogen and oxygen atoms in total. The Hall–Kier alpha value is -1.09. The predicted octanol–water partition coefficient (Wildman–Crippen LogP) is 1.51. The molecule has 2 heterocycles. The molecule has 1 saturated carbocycles. The molecule has 1 aliphatic carbocycles. The number of pyridine rings is 1. The summed E-state index contributed by atoms with van der Waals surface area (Å²) in [6.45, 7) is 4.19. The fourth-order valence-electron chi connectivity index (χ4n) is 1.99. The van der Waals surface area contributed by atoms with Gasteiger partial charge in [0.05, 0.1) is 5.69 Å². The van der Waals surface area contributed by atoms with Gasteiger partial charge in [0.2, 0.25) is 5.88 Å². The monoisotopic (exact) mass is 204 g/mol. The third-order valence-corrected chi connectivity index (χ3v) is 3.20. The Bertz CT molecular complexity index is 378. The number of ether oxygens (including phenoxy) is 1. The summed E-state index contributed by atoms with van der Waals surface area (Å²) in [5.74, 6) is 1.52. The number of aromatic nitrogens is 1. The standard InChI is InChI=1S/C12H16N2O/c1-8-6-11(8)15-12-3-2-9-7-13-5-4-10(9)14-12/h2-3,8,11,13H,4-7H2,1H3. The lowest BCUT2D eigenvalue weighted by Gasteiger charge is -2.16. The average Bonchev–Trinajstić information content (AvgIpc) is 2.94. The largest absolute Gasteiger partial charge is 0.474 e. The van der Waals surface area contributed by atoms with E-state index in [4.69, 9.17) is 4.74 Å². The third-order valence-electron chi connectivity index (χ3n) is 3.20. The highest BCUT2D eigenvalue weighted by Crippen LogP contribution is 2.33. The van der Waals surface area contributed by atoms with E-state index in [1.165, 1.54) is 17.7 Å². The quantitative estimate of drug-likeness (QED) is 0.793. The summed E-state index contributed by atoms with van der Waals surface area (Å²) in [6, 6.07) is 4.13. The minimum Gasteiger partial charge on any atom is -0.474 e. The lowest BCUT2D eigenvalue weighted by Crippen LogP contribution is -2.24. The minimum absolute atomic E-state index is 0.414. The van der Waals surface area contributed by atoms with Crippen LogP contribution in [-0.4, -0.2) is 17.6 Å². The van der Waals surface area contributed by atoms with Crippen molar-refractivity contribution in [2.75, 3.05) is 6.54 Å². The van der Waals surface area contributed by atoms with Crippen molar-refractivity contribution in [3.05, 3.63) is 23.4 Å². The molecule has 1 aromatic rings. The molecule has 3 heteroatoms. The molecule has 0 spiro atoms. The number of hydrogen-bond donors (Lipinski definition) is 1. The van der Waals surface area contributed by atoms with Crippen LogP contribution in [0.2, 0.25) is 0 Å². The van der Waals surface area contributed by atoms with Crippen LogP contribution in [-0.2, 0) is 13.0 Å². The Balaban J connectivity index is 1.78. The van der Waals surface area contributed by atoms with Crippen molar-refractivity contribution in [1.82, 2.24) is 10.3 Å². The maximum atomic E-state index is 5.77. The number of rotatable bonds is 2. The molecule has 80 valence electrons. The zero-order valence-corrected chi connectivity index (χ0v) is 8.99. The molecule has 0 bridgehead atoms. The van der Waals surface area contributed by atoms with Crippen LogP contribution in [0.25, 0.3) is 0 Å². The summed E-state index contributed by atoms with van der Waals surface area (Å²) in [5, 5.41) is 3.34. The average molecular weight is 204 g/mol. The second-order valence-electron chi connectivity index (χ2n) is 4.55. The van der Waals surface area contributed by atoms with Gasteiger partial charge in [-0.1, -0.05) is 13.0 Å². The van der Waals surface area contributed by atoms with E-state index in [0.29, 0.717) is 12.0 Å². The van der Waals surface area contributed by atoms with Crippen molar-refractivity contribution in [3.63, 3.8) is 0 Å². The Morgan fingerprint density at radius 2 is 2.33 bits per heavy atom. The van der Waals surface area contributed by atoms with Gasteiger partial charge in [-0.3, -0.25) is 0 Å². The Kier molecular flexibility index (Phi) is 2.13. The van der Waals surface area contributed by atoms with Gasteiger partial charge in [0.15, 0.2) is 0 Å². The highest BCUT2D eigenvalue weighted by atomic mass is 16.5. The van der Waals surface area contributed by atoms with Crippen molar-refractivity contribution in [1.29, 1.82) is 0 Å². The highest BCUT2D eigenvalue weighted by molar-refractivity contribution is 5.28. The molecule has 1 fully saturated rings. The molecule has 1 N–H and O–H groups in total. The van der Waals surface area contributed by atoms with Gasteiger partial charge in [-0.25, -0.2) is 4.98 Å². The summed E-state index contributed by atoms with van der Waals surface area (Å²) in [7, 11) is 0. The van der Waals surface area contributed by atoms with Gasteiger partial charge in [-0.15, -0.1) is 0 Å². The van der Waals surface area contributed by atoms with E-state index in [2.05, 4.69) is 23.3 Å². The smallest absolute Gasteiger partial charge is 0.213 e. The van der Waals surface area contributed by atoms with E-state index in [9.17, 15) is 0 Å². The second-order valence-corrected chi connectivity index (χ2v) is 4.55. The number of nitrogens with zero attached hydrogens (tertiary/aromatic N) is 1. The summed E-state index contributed by atoms with van der Waals surface area (Å²) < 4.78 is 5.77. The first-order valence-corrected chi connectivity index (χ1v) is 5.69. The summed E-state index contributed by atoms with van der Waals surface area (Å²) >= 11 is 0. The molecule has 0 saturated heterocycles. The van der Waals surface area contributed by atoms with Crippen molar-refractivity contribution in [3.8, 4) is 5.88 Å². The minimum atomic E-state index is 0.414. The molecule has 0 radical (unpaired) electrons. The molecule has 2 unspecified atom stereocenters. The Morgan fingerprint density at radius 1 is 1.47 bits per heavy atom. The highest BCUT2D eigenvalue weighted by Gasteiger charge is 2.35. The van der Waals surface area contributed by atoms with Crippen molar-refractivity contribution in [2.45, 2.75) is 32.4 Å². The van der Waals surface area contributed by atoms with Gasteiger partial charge in [0.25, 0.3) is 0 Å². The lowest BCUT2D eigenvalue weighted by atomic mass is 10.1. The molecule has 15 heavy (non-hydrogen) atoms. The third kappa shape index (κ3) is 1.84. The maximum Gasteiger partial charge on any atom is 0.213 e. The molecular weight excluding hydrogens is 188 g/mol. The first-order chi connectivity index (χ1) is 7.33. The molecule has 0 aromatic carbocycles. The predicted molar refractivity (Wildman–Crippen MR) is 57.8 cm³/mol. The Morgan fingerprint density at radius 3 is 3.13 bits per heavy atom. The maximum absolute atomic E-state index is 5.77. The zero-order valence-electron chi connectivity index (χ0n) is 8.99. The van der Waals surface area contributed by atoms with Crippen LogP contribution in [0.4, 0.5) is 0 Å². The topological polar surface area (TPSA) is 34.1 Å². The van der Waals surface area contributed by atoms with Gasteiger partial charge >= 0.3 is 0 Å². The van der Waals surface area contributed by atoms with Crippen LogP contribution in [0.3, 0.4) is 0 Å². The number of fused-ring (bicyclic) bond motifs is 1. The SMILES string of the molecule is CC1CC1Oc1ccc2c(n1)CCNC2. The fourth-order valence-corrected chi connectivity index (χ4v) is 1.99.